The van der Waals surface area contributed by atoms with Gasteiger partial charge in [0.1, 0.15) is 5.75 Å². The molecule has 4 aromatic carbocycles. The molecule has 0 spiro atoms. The first-order chi connectivity index (χ1) is 15.8. The lowest BCUT2D eigenvalue weighted by molar-refractivity contribution is 0.0951. The van der Waals surface area contributed by atoms with E-state index in [2.05, 4.69) is 22.8 Å². The summed E-state index contributed by atoms with van der Waals surface area (Å²) in [4.78, 5) is 12.8. The first kappa shape index (κ1) is 21.2. The Morgan fingerprint density at radius 2 is 1.41 bits per heavy atom. The lowest BCUT2D eigenvalue weighted by Crippen LogP contribution is -2.23. The van der Waals surface area contributed by atoms with Crippen molar-refractivity contribution in [2.75, 3.05) is 11.9 Å². The van der Waals surface area contributed by atoms with Gasteiger partial charge >= 0.3 is 0 Å². The molecule has 1 amide bonds. The zero-order valence-corrected chi connectivity index (χ0v) is 17.8. The van der Waals surface area contributed by atoms with Crippen LogP contribution in [0.5, 0.6) is 5.75 Å². The highest BCUT2D eigenvalue weighted by atomic mass is 16.5. The highest BCUT2D eigenvalue weighted by Crippen LogP contribution is 2.24. The molecule has 0 saturated heterocycles. The first-order valence-corrected chi connectivity index (χ1v) is 10.7. The van der Waals surface area contributed by atoms with Crippen molar-refractivity contribution in [3.63, 3.8) is 0 Å². The number of hydrogen-bond acceptors (Lipinski definition) is 3. The summed E-state index contributed by atoms with van der Waals surface area (Å²) in [6.45, 7) is 1.09. The summed E-state index contributed by atoms with van der Waals surface area (Å²) >= 11 is 0. The van der Waals surface area contributed by atoms with E-state index >= 15 is 0 Å². The van der Waals surface area contributed by atoms with Crippen LogP contribution in [0.1, 0.15) is 21.5 Å². The molecular formula is C28H26N2O2. The van der Waals surface area contributed by atoms with Gasteiger partial charge in [-0.15, -0.1) is 0 Å². The minimum Gasteiger partial charge on any atom is -0.493 e. The fourth-order valence-corrected chi connectivity index (χ4v) is 3.41. The average molecular weight is 423 g/mol. The third-order valence-electron chi connectivity index (χ3n) is 5.08. The quantitative estimate of drug-likeness (QED) is 0.349. The Morgan fingerprint density at radius 1 is 0.719 bits per heavy atom. The number of carbonyl (C=O) groups is 1. The summed E-state index contributed by atoms with van der Waals surface area (Å²) in [6, 6.07) is 35.5. The summed E-state index contributed by atoms with van der Waals surface area (Å²) < 4.78 is 5.93. The number of anilines is 2. The van der Waals surface area contributed by atoms with E-state index in [-0.39, 0.29) is 5.91 Å². The Kier molecular flexibility index (Phi) is 7.17. The minimum absolute atomic E-state index is 0.118. The minimum atomic E-state index is -0.118. The Bertz CT molecular complexity index is 1140. The van der Waals surface area contributed by atoms with E-state index in [9.17, 15) is 4.79 Å². The maximum Gasteiger partial charge on any atom is 0.253 e. The van der Waals surface area contributed by atoms with Crippen LogP contribution in [0.3, 0.4) is 0 Å². The van der Waals surface area contributed by atoms with Crippen LogP contribution in [0.4, 0.5) is 11.4 Å². The van der Waals surface area contributed by atoms with Crippen LogP contribution in [-0.4, -0.2) is 12.5 Å². The molecule has 0 aromatic heterocycles. The molecule has 0 unspecified atom stereocenters. The van der Waals surface area contributed by atoms with E-state index in [1.807, 2.05) is 97.1 Å². The topological polar surface area (TPSA) is 50.4 Å². The van der Waals surface area contributed by atoms with Crippen molar-refractivity contribution in [3.05, 3.63) is 126 Å². The van der Waals surface area contributed by atoms with E-state index in [1.54, 1.807) is 0 Å². The molecular weight excluding hydrogens is 396 g/mol. The van der Waals surface area contributed by atoms with E-state index in [0.717, 1.165) is 29.1 Å². The van der Waals surface area contributed by atoms with Gasteiger partial charge in [-0.05, 0) is 35.4 Å². The molecule has 32 heavy (non-hydrogen) atoms. The lowest BCUT2D eigenvalue weighted by atomic mass is 10.1. The number of ether oxygens (including phenoxy) is 1. The largest absolute Gasteiger partial charge is 0.493 e. The molecule has 0 fully saturated rings. The van der Waals surface area contributed by atoms with Crippen molar-refractivity contribution in [2.24, 2.45) is 0 Å². The highest BCUT2D eigenvalue weighted by molar-refractivity contribution is 6.00. The molecule has 0 heterocycles. The predicted octanol–water partition coefficient (Wildman–Crippen LogP) is 5.98. The Hall–Kier alpha value is -4.05. The fraction of sp³-hybridized carbons (Fsp3) is 0.107. The molecule has 2 N–H and O–H groups in total. The van der Waals surface area contributed by atoms with Gasteiger partial charge < -0.3 is 15.4 Å². The van der Waals surface area contributed by atoms with Crippen LogP contribution < -0.4 is 15.4 Å². The lowest BCUT2D eigenvalue weighted by Gasteiger charge is -2.14. The third-order valence-corrected chi connectivity index (χ3v) is 5.08. The molecule has 4 nitrogen and oxygen atoms in total. The number of hydrogen-bond donors (Lipinski definition) is 2. The number of amides is 1. The number of carbonyl (C=O) groups excluding carboxylic acids is 1. The van der Waals surface area contributed by atoms with E-state index in [1.165, 1.54) is 5.56 Å². The number of para-hydroxylation sites is 1. The molecule has 0 aliphatic heterocycles. The Labute approximate surface area is 188 Å². The number of nitrogens with one attached hydrogen (secondary N) is 2. The molecule has 0 atom stereocenters. The molecule has 4 rings (SSSR count). The van der Waals surface area contributed by atoms with Gasteiger partial charge in [0.15, 0.2) is 0 Å². The number of benzene rings is 4. The Balaban J connectivity index is 1.38. The average Bonchev–Trinajstić information content (AvgIpc) is 2.84. The fourth-order valence-electron chi connectivity index (χ4n) is 3.41. The zero-order valence-electron chi connectivity index (χ0n) is 17.8. The van der Waals surface area contributed by atoms with Crippen molar-refractivity contribution in [2.45, 2.75) is 13.0 Å². The normalized spacial score (nSPS) is 10.4. The van der Waals surface area contributed by atoms with Crippen molar-refractivity contribution >= 4 is 17.3 Å². The van der Waals surface area contributed by atoms with Gasteiger partial charge in [0.2, 0.25) is 0 Å². The summed E-state index contributed by atoms with van der Waals surface area (Å²) in [6.07, 6.45) is 0.850. The summed E-state index contributed by atoms with van der Waals surface area (Å²) in [5, 5.41) is 6.35. The second-order valence-corrected chi connectivity index (χ2v) is 7.45. The Morgan fingerprint density at radius 3 is 2.19 bits per heavy atom. The first-order valence-electron chi connectivity index (χ1n) is 10.7. The summed E-state index contributed by atoms with van der Waals surface area (Å²) in [7, 11) is 0. The van der Waals surface area contributed by atoms with Crippen LogP contribution >= 0.6 is 0 Å². The van der Waals surface area contributed by atoms with Gasteiger partial charge in [-0.2, -0.15) is 0 Å². The van der Waals surface area contributed by atoms with Gasteiger partial charge in [0.05, 0.1) is 17.9 Å². The van der Waals surface area contributed by atoms with Crippen LogP contribution in [0.2, 0.25) is 0 Å². The van der Waals surface area contributed by atoms with Gasteiger partial charge in [0, 0.05) is 24.7 Å². The second-order valence-electron chi connectivity index (χ2n) is 7.45. The van der Waals surface area contributed by atoms with E-state index in [4.69, 9.17) is 4.74 Å². The van der Waals surface area contributed by atoms with Gasteiger partial charge in [-0.1, -0.05) is 78.9 Å². The second kappa shape index (κ2) is 10.8. The zero-order chi connectivity index (χ0) is 22.0. The van der Waals surface area contributed by atoms with Crippen molar-refractivity contribution in [1.29, 1.82) is 0 Å². The molecule has 0 saturated carbocycles. The molecule has 4 heteroatoms. The van der Waals surface area contributed by atoms with Gasteiger partial charge in [-0.3, -0.25) is 4.79 Å². The monoisotopic (exact) mass is 422 g/mol. The van der Waals surface area contributed by atoms with Crippen molar-refractivity contribution in [1.82, 2.24) is 5.32 Å². The summed E-state index contributed by atoms with van der Waals surface area (Å²) in [5.74, 6) is 0.671. The molecule has 4 aromatic rings. The van der Waals surface area contributed by atoms with Crippen molar-refractivity contribution < 1.29 is 9.53 Å². The standard InChI is InChI=1S/C28H26N2O2/c31-28(29-21-23-12-5-2-6-13-23)26-16-7-8-17-27(26)30-24-14-9-15-25(20-24)32-19-18-22-10-3-1-4-11-22/h1-17,20,30H,18-19,21H2,(H,29,31). The SMILES string of the molecule is O=C(NCc1ccccc1)c1ccccc1Nc1cccc(OCCc2ccccc2)c1. The molecule has 0 aliphatic rings. The maximum absolute atomic E-state index is 12.8. The predicted molar refractivity (Wildman–Crippen MR) is 129 cm³/mol. The number of rotatable bonds is 9. The van der Waals surface area contributed by atoms with Crippen LogP contribution in [0, 0.1) is 0 Å². The third kappa shape index (κ3) is 5.99. The van der Waals surface area contributed by atoms with Crippen LogP contribution in [-0.2, 0) is 13.0 Å². The van der Waals surface area contributed by atoms with Gasteiger partial charge in [-0.25, -0.2) is 0 Å². The van der Waals surface area contributed by atoms with Crippen molar-refractivity contribution in [3.8, 4) is 5.75 Å². The molecule has 0 aliphatic carbocycles. The smallest absolute Gasteiger partial charge is 0.253 e. The summed E-state index contributed by atoms with van der Waals surface area (Å²) in [5.41, 5.74) is 4.52. The molecule has 160 valence electrons. The van der Waals surface area contributed by atoms with Crippen LogP contribution in [0.25, 0.3) is 0 Å². The molecule has 0 bridgehead atoms. The van der Waals surface area contributed by atoms with Gasteiger partial charge in [0.25, 0.3) is 5.91 Å². The molecule has 0 radical (unpaired) electrons. The van der Waals surface area contributed by atoms with E-state index in [0.29, 0.717) is 18.7 Å². The highest BCUT2D eigenvalue weighted by Gasteiger charge is 2.11. The maximum atomic E-state index is 12.8. The van der Waals surface area contributed by atoms with E-state index < -0.39 is 0 Å². The van der Waals surface area contributed by atoms with Crippen LogP contribution in [0.15, 0.2) is 109 Å².